The van der Waals surface area contributed by atoms with Gasteiger partial charge in [-0.2, -0.15) is 4.31 Å². The number of carbonyl (C=O) groups is 1. The monoisotopic (exact) mass is 488 g/mol. The zero-order valence-electron chi connectivity index (χ0n) is 17.7. The van der Waals surface area contributed by atoms with E-state index in [9.17, 15) is 13.2 Å². The second-order valence-electron chi connectivity index (χ2n) is 7.90. The van der Waals surface area contributed by atoms with Crippen molar-refractivity contribution in [3.8, 4) is 0 Å². The number of carbonyl (C=O) groups excluding carboxylic acids is 1. The molecule has 5 nitrogen and oxygen atoms in total. The number of halogens is 2. The van der Waals surface area contributed by atoms with Gasteiger partial charge in [0, 0.05) is 18.7 Å². The Morgan fingerprint density at radius 1 is 0.969 bits per heavy atom. The molecule has 166 valence electrons. The maximum Gasteiger partial charge on any atom is 0.255 e. The van der Waals surface area contributed by atoms with E-state index in [0.29, 0.717) is 23.7 Å². The highest BCUT2D eigenvalue weighted by Crippen LogP contribution is 2.31. The lowest BCUT2D eigenvalue weighted by atomic mass is 10.0. The van der Waals surface area contributed by atoms with Crippen LogP contribution in [0.25, 0.3) is 0 Å². The number of nitrogens with zero attached hydrogens (tertiary/aromatic N) is 1. The summed E-state index contributed by atoms with van der Waals surface area (Å²) in [6, 6.07) is 15.7. The normalized spacial score (nSPS) is 14.1. The minimum atomic E-state index is -3.89. The third-order valence-corrected chi connectivity index (χ3v) is 8.20. The van der Waals surface area contributed by atoms with Crippen LogP contribution in [0.2, 0.25) is 10.0 Å². The van der Waals surface area contributed by atoms with Crippen molar-refractivity contribution >= 4 is 44.8 Å². The van der Waals surface area contributed by atoms with E-state index in [0.717, 1.165) is 22.3 Å². The topological polar surface area (TPSA) is 66.5 Å². The first kappa shape index (κ1) is 22.8. The molecule has 4 rings (SSSR count). The average Bonchev–Trinajstić information content (AvgIpc) is 2.75. The fourth-order valence-corrected chi connectivity index (χ4v) is 6.20. The Labute approximate surface area is 198 Å². The predicted octanol–water partition coefficient (Wildman–Crippen LogP) is 5.61. The van der Waals surface area contributed by atoms with Crippen LogP contribution in [0, 0.1) is 13.8 Å². The fourth-order valence-electron chi connectivity index (χ4n) is 3.92. The van der Waals surface area contributed by atoms with E-state index in [1.54, 1.807) is 6.07 Å². The first-order valence-electron chi connectivity index (χ1n) is 10.1. The molecular weight excluding hydrogens is 467 g/mol. The van der Waals surface area contributed by atoms with Crippen LogP contribution in [0.15, 0.2) is 59.5 Å². The van der Waals surface area contributed by atoms with Crippen molar-refractivity contribution in [3.63, 3.8) is 0 Å². The van der Waals surface area contributed by atoms with Gasteiger partial charge in [0.25, 0.3) is 5.91 Å². The van der Waals surface area contributed by atoms with Crippen molar-refractivity contribution in [2.75, 3.05) is 11.9 Å². The molecule has 1 aliphatic rings. The summed E-state index contributed by atoms with van der Waals surface area (Å²) in [7, 11) is -3.89. The van der Waals surface area contributed by atoms with Crippen molar-refractivity contribution in [2.45, 2.75) is 31.7 Å². The zero-order chi connectivity index (χ0) is 23.0. The molecule has 0 saturated heterocycles. The molecule has 0 atom stereocenters. The number of amides is 1. The summed E-state index contributed by atoms with van der Waals surface area (Å²) in [4.78, 5) is 12.8. The van der Waals surface area contributed by atoms with Gasteiger partial charge in [-0.15, -0.1) is 0 Å². The van der Waals surface area contributed by atoms with Gasteiger partial charge >= 0.3 is 0 Å². The Morgan fingerprint density at radius 3 is 2.41 bits per heavy atom. The number of anilines is 1. The van der Waals surface area contributed by atoms with Gasteiger partial charge in [0.05, 0.1) is 15.7 Å². The lowest BCUT2D eigenvalue weighted by molar-refractivity contribution is 0.102. The molecule has 1 aliphatic heterocycles. The summed E-state index contributed by atoms with van der Waals surface area (Å²) in [5.74, 6) is -0.462. The molecule has 0 aromatic heterocycles. The SMILES string of the molecule is Cc1cc(C)c(NC(=O)c2ccc(Cl)c(S(=O)(=O)N3CCc4ccccc4C3)c2)c(Cl)c1. The Morgan fingerprint density at radius 2 is 1.69 bits per heavy atom. The van der Waals surface area contributed by atoms with Crippen LogP contribution in [-0.4, -0.2) is 25.2 Å². The summed E-state index contributed by atoms with van der Waals surface area (Å²) >= 11 is 12.6. The van der Waals surface area contributed by atoms with Gasteiger partial charge in [-0.1, -0.05) is 53.5 Å². The molecular formula is C24H22Cl2N2O3S. The number of sulfonamides is 1. The molecule has 0 unspecified atom stereocenters. The highest BCUT2D eigenvalue weighted by atomic mass is 35.5. The molecule has 0 fully saturated rings. The Bertz CT molecular complexity index is 1300. The number of rotatable bonds is 4. The number of nitrogens with one attached hydrogen (secondary N) is 1. The number of benzene rings is 3. The van der Waals surface area contributed by atoms with Crippen LogP contribution in [-0.2, 0) is 23.0 Å². The molecule has 1 amide bonds. The largest absolute Gasteiger partial charge is 0.320 e. The van der Waals surface area contributed by atoms with Gasteiger partial charge in [-0.25, -0.2) is 8.42 Å². The second kappa shape index (κ2) is 8.87. The van der Waals surface area contributed by atoms with Crippen LogP contribution in [0.5, 0.6) is 0 Å². The number of hydrogen-bond donors (Lipinski definition) is 1. The first-order chi connectivity index (χ1) is 15.2. The molecule has 3 aromatic rings. The maximum absolute atomic E-state index is 13.4. The highest BCUT2D eigenvalue weighted by molar-refractivity contribution is 7.89. The number of fused-ring (bicyclic) bond motifs is 1. The number of hydrogen-bond acceptors (Lipinski definition) is 3. The molecule has 3 aromatic carbocycles. The Hall–Kier alpha value is -2.38. The molecule has 0 aliphatic carbocycles. The highest BCUT2D eigenvalue weighted by Gasteiger charge is 2.30. The van der Waals surface area contributed by atoms with E-state index in [-0.39, 0.29) is 22.0 Å². The lowest BCUT2D eigenvalue weighted by Crippen LogP contribution is -2.36. The summed E-state index contributed by atoms with van der Waals surface area (Å²) in [6.07, 6.45) is 0.623. The molecule has 0 bridgehead atoms. The fraction of sp³-hybridized carbons (Fsp3) is 0.208. The molecule has 0 saturated carbocycles. The van der Waals surface area contributed by atoms with Gasteiger partial charge in [0.15, 0.2) is 0 Å². The first-order valence-corrected chi connectivity index (χ1v) is 12.3. The van der Waals surface area contributed by atoms with Crippen LogP contribution in [0.4, 0.5) is 5.69 Å². The predicted molar refractivity (Wildman–Crippen MR) is 128 cm³/mol. The summed E-state index contributed by atoms with van der Waals surface area (Å²) in [5, 5.41) is 3.29. The van der Waals surface area contributed by atoms with Gasteiger partial charge in [-0.05, 0) is 66.8 Å². The van der Waals surface area contributed by atoms with Crippen LogP contribution in [0.3, 0.4) is 0 Å². The third kappa shape index (κ3) is 4.41. The van der Waals surface area contributed by atoms with E-state index in [2.05, 4.69) is 5.32 Å². The quantitative estimate of drug-likeness (QED) is 0.518. The van der Waals surface area contributed by atoms with E-state index in [4.69, 9.17) is 23.2 Å². The summed E-state index contributed by atoms with van der Waals surface area (Å²) in [6.45, 7) is 4.38. The standard InChI is InChI=1S/C24H22Cl2N2O3S/c1-15-11-16(2)23(21(26)12-15)27-24(29)18-7-8-20(25)22(13-18)32(30,31)28-10-9-17-5-3-4-6-19(17)14-28/h3-8,11-13H,9-10,14H2,1-2H3,(H,27,29). The Balaban J connectivity index is 1.64. The maximum atomic E-state index is 13.4. The summed E-state index contributed by atoms with van der Waals surface area (Å²) < 4.78 is 28.2. The zero-order valence-corrected chi connectivity index (χ0v) is 20.0. The van der Waals surface area contributed by atoms with Crippen molar-refractivity contribution in [2.24, 2.45) is 0 Å². The lowest BCUT2D eigenvalue weighted by Gasteiger charge is -2.28. The minimum absolute atomic E-state index is 0.0740. The molecule has 1 heterocycles. The average molecular weight is 489 g/mol. The van der Waals surface area contributed by atoms with Crippen LogP contribution < -0.4 is 5.32 Å². The van der Waals surface area contributed by atoms with Gasteiger partial charge < -0.3 is 5.32 Å². The minimum Gasteiger partial charge on any atom is -0.320 e. The van der Waals surface area contributed by atoms with Crippen molar-refractivity contribution in [1.29, 1.82) is 0 Å². The van der Waals surface area contributed by atoms with E-state index >= 15 is 0 Å². The van der Waals surface area contributed by atoms with Crippen LogP contribution in [0.1, 0.15) is 32.6 Å². The van der Waals surface area contributed by atoms with E-state index < -0.39 is 15.9 Å². The van der Waals surface area contributed by atoms with E-state index in [1.165, 1.54) is 22.5 Å². The molecule has 1 N–H and O–H groups in total. The molecule has 0 radical (unpaired) electrons. The van der Waals surface area contributed by atoms with Gasteiger partial charge in [0.1, 0.15) is 4.90 Å². The van der Waals surface area contributed by atoms with Crippen molar-refractivity contribution < 1.29 is 13.2 Å². The molecule has 0 spiro atoms. The van der Waals surface area contributed by atoms with E-state index in [1.807, 2.05) is 44.2 Å². The second-order valence-corrected chi connectivity index (χ2v) is 10.6. The van der Waals surface area contributed by atoms with Crippen molar-refractivity contribution in [3.05, 3.63) is 92.5 Å². The Kier molecular flexibility index (Phi) is 6.32. The molecule has 8 heteroatoms. The number of aryl methyl sites for hydroxylation is 2. The summed E-state index contributed by atoms with van der Waals surface area (Å²) in [5.41, 5.74) is 4.58. The smallest absolute Gasteiger partial charge is 0.255 e. The van der Waals surface area contributed by atoms with Crippen molar-refractivity contribution in [1.82, 2.24) is 4.31 Å². The third-order valence-electron chi connectivity index (χ3n) is 5.58. The van der Waals surface area contributed by atoms with Gasteiger partial charge in [0.2, 0.25) is 10.0 Å². The molecule has 32 heavy (non-hydrogen) atoms. The van der Waals surface area contributed by atoms with Crippen LogP contribution >= 0.6 is 23.2 Å². The van der Waals surface area contributed by atoms with Gasteiger partial charge in [-0.3, -0.25) is 4.79 Å².